The number of fused-ring (bicyclic) bond motifs is 1. The minimum absolute atomic E-state index is 0.000533. The Labute approximate surface area is 123 Å². The van der Waals surface area contributed by atoms with E-state index in [4.69, 9.17) is 4.74 Å². The Kier molecular flexibility index (Phi) is 5.05. The molecule has 1 heterocycles. The van der Waals surface area contributed by atoms with Crippen molar-refractivity contribution in [3.05, 3.63) is 40.6 Å². The highest BCUT2D eigenvalue weighted by atomic mass is 16.6. The number of ether oxygens (including phenoxy) is 1. The van der Waals surface area contributed by atoms with Gasteiger partial charge in [0.15, 0.2) is 5.52 Å². The summed E-state index contributed by atoms with van der Waals surface area (Å²) >= 11 is 0. The molecule has 0 aliphatic rings. The summed E-state index contributed by atoms with van der Waals surface area (Å²) in [5.74, 6) is 0.633. The van der Waals surface area contributed by atoms with Crippen molar-refractivity contribution in [2.75, 3.05) is 13.2 Å². The van der Waals surface area contributed by atoms with Gasteiger partial charge >= 0.3 is 0 Å². The van der Waals surface area contributed by atoms with Crippen molar-refractivity contribution in [1.29, 1.82) is 0 Å². The van der Waals surface area contributed by atoms with Gasteiger partial charge in [0, 0.05) is 23.7 Å². The number of hydrogen-bond acceptors (Lipinski definition) is 5. The fourth-order valence-corrected chi connectivity index (χ4v) is 2.05. The molecule has 1 N–H and O–H groups in total. The minimum Gasteiger partial charge on any atom is -0.493 e. The van der Waals surface area contributed by atoms with Gasteiger partial charge in [-0.25, -0.2) is 4.98 Å². The molecule has 0 bridgehead atoms. The maximum Gasteiger partial charge on any atom is 0.295 e. The van der Waals surface area contributed by atoms with Crippen molar-refractivity contribution in [2.45, 2.75) is 26.3 Å². The molecular formula is C15H19N3O3. The Morgan fingerprint density at radius 3 is 2.90 bits per heavy atom. The Balaban J connectivity index is 2.10. The predicted molar refractivity (Wildman–Crippen MR) is 81.6 cm³/mol. The third-order valence-electron chi connectivity index (χ3n) is 3.04. The average molecular weight is 289 g/mol. The number of hydrogen-bond donors (Lipinski definition) is 1. The van der Waals surface area contributed by atoms with Crippen LogP contribution in [0.5, 0.6) is 5.75 Å². The van der Waals surface area contributed by atoms with Gasteiger partial charge in [-0.3, -0.25) is 10.1 Å². The molecule has 0 radical (unpaired) electrons. The zero-order valence-electron chi connectivity index (χ0n) is 12.2. The number of nitrogens with zero attached hydrogens (tertiary/aromatic N) is 2. The highest BCUT2D eigenvalue weighted by Gasteiger charge is 2.14. The van der Waals surface area contributed by atoms with E-state index in [1.807, 2.05) is 0 Å². The van der Waals surface area contributed by atoms with E-state index in [0.29, 0.717) is 29.3 Å². The van der Waals surface area contributed by atoms with Crippen LogP contribution < -0.4 is 10.1 Å². The first-order valence-corrected chi connectivity index (χ1v) is 6.98. The van der Waals surface area contributed by atoms with Crippen molar-refractivity contribution in [3.8, 4) is 5.75 Å². The van der Waals surface area contributed by atoms with E-state index >= 15 is 0 Å². The van der Waals surface area contributed by atoms with E-state index in [9.17, 15) is 10.1 Å². The van der Waals surface area contributed by atoms with Crippen LogP contribution in [0.2, 0.25) is 0 Å². The molecule has 6 nitrogen and oxygen atoms in total. The number of non-ortho nitro benzene ring substituents is 1. The van der Waals surface area contributed by atoms with Gasteiger partial charge in [-0.15, -0.1) is 0 Å². The second-order valence-electron chi connectivity index (χ2n) is 5.05. The maximum absolute atomic E-state index is 11.0. The van der Waals surface area contributed by atoms with E-state index in [0.717, 1.165) is 13.0 Å². The van der Waals surface area contributed by atoms with Crippen molar-refractivity contribution >= 4 is 16.6 Å². The topological polar surface area (TPSA) is 77.3 Å². The lowest BCUT2D eigenvalue weighted by Crippen LogP contribution is -2.24. The van der Waals surface area contributed by atoms with Crippen LogP contribution in [0.3, 0.4) is 0 Å². The summed E-state index contributed by atoms with van der Waals surface area (Å²) in [5.41, 5.74) is 0.361. The summed E-state index contributed by atoms with van der Waals surface area (Å²) in [4.78, 5) is 14.7. The first kappa shape index (κ1) is 15.2. The van der Waals surface area contributed by atoms with Gasteiger partial charge in [0.25, 0.3) is 5.69 Å². The molecule has 2 rings (SSSR count). The van der Waals surface area contributed by atoms with Crippen molar-refractivity contribution in [1.82, 2.24) is 10.3 Å². The maximum atomic E-state index is 11.0. The van der Waals surface area contributed by atoms with Crippen LogP contribution in [0.4, 0.5) is 5.69 Å². The highest BCUT2D eigenvalue weighted by molar-refractivity contribution is 5.91. The molecule has 0 saturated carbocycles. The number of aromatic nitrogens is 1. The Morgan fingerprint density at radius 1 is 1.38 bits per heavy atom. The molecule has 0 spiro atoms. The minimum atomic E-state index is -0.425. The Bertz CT molecular complexity index is 629. The number of para-hydroxylation sites is 1. The molecule has 21 heavy (non-hydrogen) atoms. The van der Waals surface area contributed by atoms with E-state index in [-0.39, 0.29) is 5.69 Å². The molecule has 0 saturated heterocycles. The van der Waals surface area contributed by atoms with Crippen molar-refractivity contribution < 1.29 is 9.66 Å². The molecule has 0 unspecified atom stereocenters. The number of pyridine rings is 1. The second kappa shape index (κ2) is 6.99. The lowest BCUT2D eigenvalue weighted by atomic mass is 10.2. The molecular weight excluding hydrogens is 270 g/mol. The summed E-state index contributed by atoms with van der Waals surface area (Å²) in [7, 11) is 0. The second-order valence-corrected chi connectivity index (χ2v) is 5.05. The first-order chi connectivity index (χ1) is 10.1. The molecule has 0 aliphatic heterocycles. The molecule has 1 aromatic carbocycles. The van der Waals surface area contributed by atoms with Crippen molar-refractivity contribution in [2.24, 2.45) is 0 Å². The summed E-state index contributed by atoms with van der Waals surface area (Å²) in [6.07, 6.45) is 2.41. The zero-order valence-corrected chi connectivity index (χ0v) is 12.2. The van der Waals surface area contributed by atoms with Gasteiger partial charge in [-0.05, 0) is 25.1 Å². The number of nitro benzene ring substituents is 1. The van der Waals surface area contributed by atoms with Crippen LogP contribution in [-0.4, -0.2) is 29.1 Å². The summed E-state index contributed by atoms with van der Waals surface area (Å²) in [6.45, 7) is 5.62. The van der Waals surface area contributed by atoms with Gasteiger partial charge in [0.2, 0.25) is 0 Å². The van der Waals surface area contributed by atoms with E-state index in [1.165, 1.54) is 12.3 Å². The molecule has 0 amide bonds. The van der Waals surface area contributed by atoms with Crippen LogP contribution in [-0.2, 0) is 0 Å². The molecule has 6 heteroatoms. The summed E-state index contributed by atoms with van der Waals surface area (Å²) in [6, 6.07) is 7.08. The Hall–Kier alpha value is -2.21. The Morgan fingerprint density at radius 2 is 2.19 bits per heavy atom. The monoisotopic (exact) mass is 289 g/mol. The number of benzene rings is 1. The van der Waals surface area contributed by atoms with Crippen LogP contribution >= 0.6 is 0 Å². The van der Waals surface area contributed by atoms with Gasteiger partial charge in [-0.2, -0.15) is 0 Å². The SMILES string of the molecule is CC(C)NCCCOc1ccnc2c([N+](=O)[O-])cccc12. The van der Waals surface area contributed by atoms with Crippen LogP contribution in [0, 0.1) is 10.1 Å². The molecule has 0 aliphatic carbocycles. The standard InChI is InChI=1S/C15H19N3O3/c1-11(2)16-8-4-10-21-14-7-9-17-15-12(14)5-3-6-13(15)18(19)20/h3,5-7,9,11,16H,4,8,10H2,1-2H3. The van der Waals surface area contributed by atoms with Crippen LogP contribution in [0.1, 0.15) is 20.3 Å². The third kappa shape index (κ3) is 3.88. The lowest BCUT2D eigenvalue weighted by Gasteiger charge is -2.10. The van der Waals surface area contributed by atoms with Gasteiger partial charge in [-0.1, -0.05) is 19.9 Å². The van der Waals surface area contributed by atoms with Crippen molar-refractivity contribution in [3.63, 3.8) is 0 Å². The largest absolute Gasteiger partial charge is 0.493 e. The smallest absolute Gasteiger partial charge is 0.295 e. The van der Waals surface area contributed by atoms with Gasteiger partial charge in [0.05, 0.1) is 11.5 Å². The van der Waals surface area contributed by atoms with E-state index in [2.05, 4.69) is 24.1 Å². The predicted octanol–water partition coefficient (Wildman–Crippen LogP) is 2.91. The number of rotatable bonds is 7. The quantitative estimate of drug-likeness (QED) is 0.482. The lowest BCUT2D eigenvalue weighted by molar-refractivity contribution is -0.383. The fraction of sp³-hybridized carbons (Fsp3) is 0.400. The van der Waals surface area contributed by atoms with Gasteiger partial charge in [0.1, 0.15) is 5.75 Å². The highest BCUT2D eigenvalue weighted by Crippen LogP contribution is 2.29. The van der Waals surface area contributed by atoms with Crippen LogP contribution in [0.25, 0.3) is 10.9 Å². The first-order valence-electron chi connectivity index (χ1n) is 6.98. The fourth-order valence-electron chi connectivity index (χ4n) is 2.05. The van der Waals surface area contributed by atoms with Crippen LogP contribution in [0.15, 0.2) is 30.5 Å². The molecule has 0 fully saturated rings. The summed E-state index contributed by atoms with van der Waals surface area (Å²) < 4.78 is 5.73. The van der Waals surface area contributed by atoms with E-state index < -0.39 is 4.92 Å². The number of nitro groups is 1. The van der Waals surface area contributed by atoms with Gasteiger partial charge < -0.3 is 10.1 Å². The average Bonchev–Trinajstić information content (AvgIpc) is 2.46. The molecule has 2 aromatic rings. The third-order valence-corrected chi connectivity index (χ3v) is 3.04. The normalized spacial score (nSPS) is 11.0. The summed E-state index contributed by atoms with van der Waals surface area (Å²) in [5, 5.41) is 15.0. The zero-order chi connectivity index (χ0) is 15.2. The number of nitrogens with one attached hydrogen (secondary N) is 1. The molecule has 1 aromatic heterocycles. The molecule has 0 atom stereocenters. The van der Waals surface area contributed by atoms with E-state index in [1.54, 1.807) is 18.2 Å². The molecule has 112 valence electrons.